The molecule has 1 rings (SSSR count). The molecule has 8 heteroatoms. The van der Waals surface area contributed by atoms with Gasteiger partial charge in [0, 0.05) is 37.3 Å². The average molecular weight is 337 g/mol. The van der Waals surface area contributed by atoms with Gasteiger partial charge in [0.25, 0.3) is 5.91 Å². The van der Waals surface area contributed by atoms with Gasteiger partial charge in [-0.1, -0.05) is 13.8 Å². The van der Waals surface area contributed by atoms with Crippen LogP contribution in [0.2, 0.25) is 0 Å². The minimum absolute atomic E-state index is 0.00942. The maximum atomic E-state index is 12.7. The van der Waals surface area contributed by atoms with Gasteiger partial charge in [0.1, 0.15) is 6.04 Å². The van der Waals surface area contributed by atoms with Crippen molar-refractivity contribution in [3.8, 4) is 0 Å². The zero-order valence-electron chi connectivity index (χ0n) is 14.3. The fraction of sp³-hybridized carbons (Fsp3) is 0.500. The summed E-state index contributed by atoms with van der Waals surface area (Å²) < 4.78 is 0. The van der Waals surface area contributed by atoms with Gasteiger partial charge >= 0.3 is 5.97 Å². The van der Waals surface area contributed by atoms with Gasteiger partial charge in [-0.2, -0.15) is 0 Å². The minimum atomic E-state index is -1.17. The standard InChI is InChI=1S/C16H23N3O5/c1-9(2)13-7-12(8-14(21)18-13)15(22)19(10(3)16(23)24)6-5-17-11(4)20/h7-10H,5-6H2,1-4H3,(H,17,20)(H,18,21)(H,23,24). The Morgan fingerprint density at radius 2 is 1.88 bits per heavy atom. The summed E-state index contributed by atoms with van der Waals surface area (Å²) in [6.07, 6.45) is 0. The molecule has 0 saturated carbocycles. The van der Waals surface area contributed by atoms with Crippen LogP contribution < -0.4 is 10.9 Å². The summed E-state index contributed by atoms with van der Waals surface area (Å²) in [6, 6.07) is 1.61. The molecule has 1 aromatic heterocycles. The number of carbonyl (C=O) groups is 3. The van der Waals surface area contributed by atoms with Gasteiger partial charge in [0.15, 0.2) is 0 Å². The van der Waals surface area contributed by atoms with Crippen molar-refractivity contribution in [3.63, 3.8) is 0 Å². The van der Waals surface area contributed by atoms with Crippen LogP contribution in [0.5, 0.6) is 0 Å². The zero-order valence-corrected chi connectivity index (χ0v) is 14.3. The van der Waals surface area contributed by atoms with E-state index in [-0.39, 0.29) is 30.5 Å². The molecule has 132 valence electrons. The van der Waals surface area contributed by atoms with E-state index in [1.54, 1.807) is 6.07 Å². The lowest BCUT2D eigenvalue weighted by Gasteiger charge is -2.27. The highest BCUT2D eigenvalue weighted by Gasteiger charge is 2.27. The van der Waals surface area contributed by atoms with Gasteiger partial charge < -0.3 is 20.3 Å². The molecule has 0 saturated heterocycles. The summed E-state index contributed by atoms with van der Waals surface area (Å²) in [5, 5.41) is 11.7. The molecule has 1 unspecified atom stereocenters. The largest absolute Gasteiger partial charge is 0.480 e. The van der Waals surface area contributed by atoms with Crippen molar-refractivity contribution < 1.29 is 19.5 Å². The molecule has 0 radical (unpaired) electrons. The average Bonchev–Trinajstić information content (AvgIpc) is 2.49. The molecule has 3 N–H and O–H groups in total. The first-order chi connectivity index (χ1) is 11.1. The number of H-pyrrole nitrogens is 1. The molecule has 0 aliphatic heterocycles. The quantitative estimate of drug-likeness (QED) is 0.671. The van der Waals surface area contributed by atoms with E-state index >= 15 is 0 Å². The lowest BCUT2D eigenvalue weighted by atomic mass is 10.1. The number of nitrogens with zero attached hydrogens (tertiary/aromatic N) is 1. The summed E-state index contributed by atoms with van der Waals surface area (Å²) >= 11 is 0. The number of carboxylic acids is 1. The van der Waals surface area contributed by atoms with Gasteiger partial charge in [0.05, 0.1) is 0 Å². The maximum absolute atomic E-state index is 12.7. The summed E-state index contributed by atoms with van der Waals surface area (Å²) in [6.45, 7) is 6.60. The molecule has 0 aromatic carbocycles. The van der Waals surface area contributed by atoms with E-state index in [2.05, 4.69) is 10.3 Å². The van der Waals surface area contributed by atoms with Crippen molar-refractivity contribution in [2.45, 2.75) is 39.7 Å². The van der Waals surface area contributed by atoms with E-state index in [0.717, 1.165) is 11.0 Å². The molecule has 0 spiro atoms. The Morgan fingerprint density at radius 1 is 1.25 bits per heavy atom. The van der Waals surface area contributed by atoms with Crippen molar-refractivity contribution in [2.75, 3.05) is 13.1 Å². The smallest absolute Gasteiger partial charge is 0.326 e. The Morgan fingerprint density at radius 3 is 2.38 bits per heavy atom. The number of carboxylic acid groups (broad SMARTS) is 1. The Kier molecular flexibility index (Phi) is 6.69. The van der Waals surface area contributed by atoms with Crippen LogP contribution in [-0.2, 0) is 9.59 Å². The van der Waals surface area contributed by atoms with E-state index in [1.807, 2.05) is 13.8 Å². The topological polar surface area (TPSA) is 120 Å². The van der Waals surface area contributed by atoms with E-state index in [9.17, 15) is 24.3 Å². The number of hydrogen-bond acceptors (Lipinski definition) is 4. The lowest BCUT2D eigenvalue weighted by Crippen LogP contribution is -2.47. The molecule has 0 fully saturated rings. The summed E-state index contributed by atoms with van der Waals surface area (Å²) in [5.74, 6) is -2.00. The maximum Gasteiger partial charge on any atom is 0.326 e. The fourth-order valence-corrected chi connectivity index (χ4v) is 2.12. The molecule has 0 aliphatic carbocycles. The molecular formula is C16H23N3O5. The van der Waals surface area contributed by atoms with Crippen LogP contribution in [0.15, 0.2) is 16.9 Å². The number of nitrogens with one attached hydrogen (secondary N) is 2. The molecule has 8 nitrogen and oxygen atoms in total. The van der Waals surface area contributed by atoms with Gasteiger partial charge in [-0.05, 0) is 18.9 Å². The summed E-state index contributed by atoms with van der Waals surface area (Å²) in [4.78, 5) is 50.4. The normalized spacial score (nSPS) is 11.9. The Labute approximate surface area is 139 Å². The lowest BCUT2D eigenvalue weighted by molar-refractivity contribution is -0.141. The second-order valence-electron chi connectivity index (χ2n) is 5.84. The van der Waals surface area contributed by atoms with Crippen LogP contribution in [0.4, 0.5) is 0 Å². The second-order valence-corrected chi connectivity index (χ2v) is 5.84. The number of carbonyl (C=O) groups excluding carboxylic acids is 2. The fourth-order valence-electron chi connectivity index (χ4n) is 2.12. The second kappa shape index (κ2) is 8.28. The molecular weight excluding hydrogens is 314 g/mol. The summed E-state index contributed by atoms with van der Waals surface area (Å²) in [5.41, 5.74) is 0.295. The predicted octanol–water partition coefficient (Wildman–Crippen LogP) is 0.550. The number of amides is 2. The number of pyridine rings is 1. The number of hydrogen-bond donors (Lipinski definition) is 3. The third kappa shape index (κ3) is 5.22. The molecule has 1 heterocycles. The van der Waals surface area contributed by atoms with Crippen molar-refractivity contribution in [2.24, 2.45) is 0 Å². The zero-order chi connectivity index (χ0) is 18.4. The molecule has 1 atom stereocenters. The van der Waals surface area contributed by atoms with Crippen molar-refractivity contribution in [3.05, 3.63) is 33.7 Å². The van der Waals surface area contributed by atoms with Crippen LogP contribution in [0.3, 0.4) is 0 Å². The molecule has 24 heavy (non-hydrogen) atoms. The van der Waals surface area contributed by atoms with E-state index < -0.39 is 23.5 Å². The number of aliphatic carboxylic acids is 1. The highest BCUT2D eigenvalue weighted by molar-refractivity contribution is 5.96. The third-order valence-electron chi connectivity index (χ3n) is 3.55. The first kappa shape index (κ1) is 19.4. The van der Waals surface area contributed by atoms with E-state index in [4.69, 9.17) is 0 Å². The monoisotopic (exact) mass is 337 g/mol. The first-order valence-corrected chi connectivity index (χ1v) is 7.66. The van der Waals surface area contributed by atoms with Gasteiger partial charge in [-0.15, -0.1) is 0 Å². The number of aromatic nitrogens is 1. The minimum Gasteiger partial charge on any atom is -0.480 e. The van der Waals surface area contributed by atoms with Crippen LogP contribution in [0.1, 0.15) is 49.7 Å². The SMILES string of the molecule is CC(=O)NCCN(C(=O)c1cc(C(C)C)[nH]c(=O)c1)C(C)C(=O)O. The number of aromatic amines is 1. The number of rotatable bonds is 7. The summed E-state index contributed by atoms with van der Waals surface area (Å²) in [7, 11) is 0. The predicted molar refractivity (Wildman–Crippen MR) is 88.0 cm³/mol. The molecule has 0 aliphatic rings. The van der Waals surface area contributed by atoms with Crippen molar-refractivity contribution in [1.82, 2.24) is 15.2 Å². The van der Waals surface area contributed by atoms with Crippen LogP contribution in [-0.4, -0.2) is 51.9 Å². The van der Waals surface area contributed by atoms with Gasteiger partial charge in [-0.3, -0.25) is 14.4 Å². The Bertz CT molecular complexity index is 681. The molecule has 2 amide bonds. The van der Waals surface area contributed by atoms with Crippen LogP contribution in [0, 0.1) is 0 Å². The van der Waals surface area contributed by atoms with Gasteiger partial charge in [-0.25, -0.2) is 4.79 Å². The van der Waals surface area contributed by atoms with Gasteiger partial charge in [0.2, 0.25) is 11.5 Å². The van der Waals surface area contributed by atoms with Crippen molar-refractivity contribution >= 4 is 17.8 Å². The molecule has 0 bridgehead atoms. The van der Waals surface area contributed by atoms with Crippen LogP contribution >= 0.6 is 0 Å². The highest BCUT2D eigenvalue weighted by Crippen LogP contribution is 2.14. The highest BCUT2D eigenvalue weighted by atomic mass is 16.4. The van der Waals surface area contributed by atoms with Crippen LogP contribution in [0.25, 0.3) is 0 Å². The van der Waals surface area contributed by atoms with Crippen molar-refractivity contribution in [1.29, 1.82) is 0 Å². The van der Waals surface area contributed by atoms with E-state index in [0.29, 0.717) is 5.69 Å². The molecule has 1 aromatic rings. The third-order valence-corrected chi connectivity index (χ3v) is 3.55. The van der Waals surface area contributed by atoms with E-state index in [1.165, 1.54) is 13.8 Å². The Hall–Kier alpha value is -2.64. The first-order valence-electron chi connectivity index (χ1n) is 7.66. The Balaban J connectivity index is 3.12.